The Morgan fingerprint density at radius 3 is 2.55 bits per heavy atom. The molecule has 164 valence electrons. The Labute approximate surface area is 184 Å². The number of pyridine rings is 2. The number of rotatable bonds is 3. The van der Waals surface area contributed by atoms with Gasteiger partial charge in [0.2, 0.25) is 5.95 Å². The number of carbonyl (C=O) groups is 1. The van der Waals surface area contributed by atoms with E-state index in [0.717, 1.165) is 12.6 Å². The SMILES string of the molecule is Cc1cc(Cl)cnc1C(=O)Nc1cnc(F)c([C@]2(C)CS(=O)(=O)C3(CCC3)C(N)=N2)c1. The minimum absolute atomic E-state index is 0.00216. The molecule has 1 saturated carbocycles. The van der Waals surface area contributed by atoms with Crippen LogP contribution in [0, 0.1) is 12.9 Å². The lowest BCUT2D eigenvalue weighted by Gasteiger charge is -2.46. The summed E-state index contributed by atoms with van der Waals surface area (Å²) in [5, 5.41) is 3.00. The number of nitrogens with one attached hydrogen (secondary N) is 1. The maximum atomic E-state index is 14.7. The van der Waals surface area contributed by atoms with Crippen LogP contribution < -0.4 is 11.1 Å². The summed E-state index contributed by atoms with van der Waals surface area (Å²) in [6.07, 6.45) is 4.08. The molecule has 0 unspecified atom stereocenters. The van der Waals surface area contributed by atoms with Gasteiger partial charge in [-0.15, -0.1) is 0 Å². The zero-order valence-electron chi connectivity index (χ0n) is 16.9. The van der Waals surface area contributed by atoms with Crippen LogP contribution in [0.15, 0.2) is 29.5 Å². The number of hydrogen-bond donors (Lipinski definition) is 2. The van der Waals surface area contributed by atoms with Gasteiger partial charge in [0.25, 0.3) is 5.91 Å². The van der Waals surface area contributed by atoms with E-state index >= 15 is 0 Å². The first kappa shape index (κ1) is 21.6. The Bertz CT molecular complexity index is 1230. The van der Waals surface area contributed by atoms with Gasteiger partial charge in [-0.3, -0.25) is 9.79 Å². The van der Waals surface area contributed by atoms with Crippen LogP contribution in [0.2, 0.25) is 5.02 Å². The number of carbonyl (C=O) groups excluding carboxylic acids is 1. The van der Waals surface area contributed by atoms with Crippen molar-refractivity contribution in [3.05, 3.63) is 52.3 Å². The summed E-state index contributed by atoms with van der Waals surface area (Å²) in [6.45, 7) is 3.18. The molecule has 4 rings (SSSR count). The second-order valence-corrected chi connectivity index (χ2v) is 10.9. The molecule has 11 heteroatoms. The van der Waals surface area contributed by atoms with Gasteiger partial charge in [-0.2, -0.15) is 4.39 Å². The van der Waals surface area contributed by atoms with Crippen LogP contribution in [0.25, 0.3) is 0 Å². The highest BCUT2D eigenvalue weighted by Gasteiger charge is 2.58. The summed E-state index contributed by atoms with van der Waals surface area (Å²) >= 11 is 5.87. The fourth-order valence-electron chi connectivity index (χ4n) is 4.13. The molecule has 2 aromatic heterocycles. The molecule has 2 aromatic rings. The molecule has 31 heavy (non-hydrogen) atoms. The highest BCUT2D eigenvalue weighted by Crippen LogP contribution is 2.47. The van der Waals surface area contributed by atoms with Gasteiger partial charge in [0.1, 0.15) is 21.8 Å². The lowest BCUT2D eigenvalue weighted by atomic mass is 9.82. The number of aromatic nitrogens is 2. The van der Waals surface area contributed by atoms with Crippen molar-refractivity contribution in [2.24, 2.45) is 10.7 Å². The number of sulfone groups is 1. The van der Waals surface area contributed by atoms with Crippen LogP contribution in [0.4, 0.5) is 10.1 Å². The largest absolute Gasteiger partial charge is 0.386 e. The maximum Gasteiger partial charge on any atom is 0.274 e. The van der Waals surface area contributed by atoms with Gasteiger partial charge < -0.3 is 11.1 Å². The van der Waals surface area contributed by atoms with E-state index in [-0.39, 0.29) is 22.8 Å². The van der Waals surface area contributed by atoms with E-state index in [9.17, 15) is 17.6 Å². The normalized spacial score (nSPS) is 23.7. The number of anilines is 1. The number of nitrogens with two attached hydrogens (primary N) is 1. The van der Waals surface area contributed by atoms with Crippen LogP contribution in [0.3, 0.4) is 0 Å². The van der Waals surface area contributed by atoms with E-state index in [1.54, 1.807) is 13.0 Å². The zero-order chi connectivity index (χ0) is 22.6. The second-order valence-electron chi connectivity index (χ2n) is 8.21. The van der Waals surface area contributed by atoms with E-state index in [1.807, 2.05) is 0 Å². The molecular formula is C20H21ClFN5O3S. The third kappa shape index (κ3) is 3.47. The van der Waals surface area contributed by atoms with E-state index in [4.69, 9.17) is 17.3 Å². The quantitative estimate of drug-likeness (QED) is 0.671. The molecule has 1 amide bonds. The van der Waals surface area contributed by atoms with Crippen molar-refractivity contribution < 1.29 is 17.6 Å². The Morgan fingerprint density at radius 2 is 1.97 bits per heavy atom. The van der Waals surface area contributed by atoms with Crippen molar-refractivity contribution in [2.45, 2.75) is 43.4 Å². The predicted molar refractivity (Wildman–Crippen MR) is 115 cm³/mol. The molecule has 3 heterocycles. The molecule has 8 nitrogen and oxygen atoms in total. The van der Waals surface area contributed by atoms with Gasteiger partial charge in [-0.05, 0) is 50.8 Å². The fourth-order valence-corrected chi connectivity index (χ4v) is 6.86. The van der Waals surface area contributed by atoms with E-state index in [1.165, 1.54) is 19.2 Å². The molecule has 0 aromatic carbocycles. The number of aryl methyl sites for hydroxylation is 1. The molecule has 1 aliphatic carbocycles. The van der Waals surface area contributed by atoms with Crippen LogP contribution in [-0.4, -0.2) is 40.6 Å². The van der Waals surface area contributed by atoms with Crippen LogP contribution >= 0.6 is 11.6 Å². The number of nitrogens with zero attached hydrogens (tertiary/aromatic N) is 3. The van der Waals surface area contributed by atoms with Crippen LogP contribution in [-0.2, 0) is 15.4 Å². The Balaban J connectivity index is 1.69. The van der Waals surface area contributed by atoms with Crippen molar-refractivity contribution in [2.75, 3.05) is 11.1 Å². The predicted octanol–water partition coefficient (Wildman–Crippen LogP) is 2.75. The van der Waals surface area contributed by atoms with Crippen molar-refractivity contribution in [3.8, 4) is 0 Å². The summed E-state index contributed by atoms with van der Waals surface area (Å²) in [7, 11) is -3.66. The lowest BCUT2D eigenvalue weighted by molar-refractivity contribution is 0.102. The highest BCUT2D eigenvalue weighted by atomic mass is 35.5. The lowest BCUT2D eigenvalue weighted by Crippen LogP contribution is -2.61. The zero-order valence-corrected chi connectivity index (χ0v) is 18.5. The van der Waals surface area contributed by atoms with Crippen LogP contribution in [0.1, 0.15) is 47.8 Å². The second kappa shape index (κ2) is 7.23. The summed E-state index contributed by atoms with van der Waals surface area (Å²) in [5.74, 6) is -1.81. The van der Waals surface area contributed by atoms with Gasteiger partial charge in [-0.1, -0.05) is 11.6 Å². The summed E-state index contributed by atoms with van der Waals surface area (Å²) < 4.78 is 39.6. The van der Waals surface area contributed by atoms with Crippen LogP contribution in [0.5, 0.6) is 0 Å². The highest BCUT2D eigenvalue weighted by molar-refractivity contribution is 7.93. The average molecular weight is 466 g/mol. The Hall–Kier alpha value is -2.59. The van der Waals surface area contributed by atoms with Gasteiger partial charge in [0.15, 0.2) is 9.84 Å². The molecule has 1 fully saturated rings. The van der Waals surface area contributed by atoms with Crippen molar-refractivity contribution in [1.82, 2.24) is 9.97 Å². The van der Waals surface area contributed by atoms with Crippen molar-refractivity contribution in [1.29, 1.82) is 0 Å². The van der Waals surface area contributed by atoms with Gasteiger partial charge in [0, 0.05) is 11.8 Å². The molecule has 0 bridgehead atoms. The molecule has 1 atom stereocenters. The molecule has 1 spiro atoms. The number of hydrogen-bond acceptors (Lipinski definition) is 7. The Kier molecular flexibility index (Phi) is 5.05. The monoisotopic (exact) mass is 465 g/mol. The third-order valence-electron chi connectivity index (χ3n) is 6.00. The first-order valence-corrected chi connectivity index (χ1v) is 11.7. The maximum absolute atomic E-state index is 14.7. The molecule has 1 aliphatic heterocycles. The smallest absolute Gasteiger partial charge is 0.274 e. The molecule has 2 aliphatic rings. The fraction of sp³-hybridized carbons (Fsp3) is 0.400. The summed E-state index contributed by atoms with van der Waals surface area (Å²) in [6, 6.07) is 2.93. The third-order valence-corrected chi connectivity index (χ3v) is 8.96. The van der Waals surface area contributed by atoms with E-state index in [0.29, 0.717) is 23.4 Å². The standard InChI is InChI=1S/C20H21ClFN5O3S/c1-11-6-12(21)8-24-15(11)17(28)26-13-7-14(16(22)25-9-13)19(2)10-31(29,30)20(4-3-5-20)18(23)27-19/h6-9H,3-5,10H2,1-2H3,(H2,23,27)(H,26,28)/t19-/m0/s1. The minimum atomic E-state index is -3.66. The molecule has 0 radical (unpaired) electrons. The molecule has 0 saturated heterocycles. The number of halogens is 2. The number of aliphatic imine (C=N–C) groups is 1. The van der Waals surface area contributed by atoms with Gasteiger partial charge in [-0.25, -0.2) is 18.4 Å². The topological polar surface area (TPSA) is 127 Å². The van der Waals surface area contributed by atoms with Gasteiger partial charge in [0.05, 0.1) is 22.7 Å². The Morgan fingerprint density at radius 1 is 1.26 bits per heavy atom. The first-order chi connectivity index (χ1) is 14.5. The van der Waals surface area contributed by atoms with Crippen molar-refractivity contribution >= 4 is 38.9 Å². The summed E-state index contributed by atoms with van der Waals surface area (Å²) in [5.41, 5.74) is 5.44. The van der Waals surface area contributed by atoms with E-state index < -0.39 is 37.7 Å². The van der Waals surface area contributed by atoms with E-state index in [2.05, 4.69) is 20.3 Å². The van der Waals surface area contributed by atoms with Gasteiger partial charge >= 0.3 is 0 Å². The number of amidine groups is 1. The first-order valence-electron chi connectivity index (χ1n) is 9.65. The molecule has 3 N–H and O–H groups in total. The number of amides is 1. The van der Waals surface area contributed by atoms with Crippen molar-refractivity contribution in [3.63, 3.8) is 0 Å². The molecular weight excluding hydrogens is 445 g/mol. The summed E-state index contributed by atoms with van der Waals surface area (Å²) in [4.78, 5) is 24.7. The minimum Gasteiger partial charge on any atom is -0.386 e. The average Bonchev–Trinajstić information content (AvgIpc) is 2.60.